The summed E-state index contributed by atoms with van der Waals surface area (Å²) in [6.45, 7) is 0.651. The molecule has 7 heteroatoms. The highest BCUT2D eigenvalue weighted by atomic mass is 16.5. The van der Waals surface area contributed by atoms with Gasteiger partial charge in [0.25, 0.3) is 0 Å². The van der Waals surface area contributed by atoms with E-state index in [0.29, 0.717) is 13.0 Å². The van der Waals surface area contributed by atoms with Crippen LogP contribution in [0.3, 0.4) is 0 Å². The van der Waals surface area contributed by atoms with E-state index < -0.39 is 6.10 Å². The summed E-state index contributed by atoms with van der Waals surface area (Å²) in [4.78, 5) is 15.3. The van der Waals surface area contributed by atoms with Gasteiger partial charge in [0, 0.05) is 26.6 Å². The molecule has 1 rings (SSSR count). The summed E-state index contributed by atoms with van der Waals surface area (Å²) in [6.07, 6.45) is 1.45. The third kappa shape index (κ3) is 3.64. The average Bonchev–Trinajstić information content (AvgIpc) is 2.72. The summed E-state index contributed by atoms with van der Waals surface area (Å²) in [5.74, 6) is 0.525. The lowest BCUT2D eigenvalue weighted by molar-refractivity contribution is -0.130. The van der Waals surface area contributed by atoms with Crippen molar-refractivity contribution in [3.63, 3.8) is 0 Å². The molecule has 1 amide bonds. The maximum Gasteiger partial charge on any atom is 0.250 e. The lowest BCUT2D eigenvalue weighted by atomic mass is 10.3. The minimum atomic E-state index is -0.584. The van der Waals surface area contributed by atoms with Gasteiger partial charge >= 0.3 is 0 Å². The Kier molecular flexibility index (Phi) is 4.72. The number of aromatic amines is 1. The number of hydrogen-bond acceptors (Lipinski definition) is 5. The van der Waals surface area contributed by atoms with E-state index in [0.717, 1.165) is 5.82 Å². The van der Waals surface area contributed by atoms with Crippen molar-refractivity contribution in [3.8, 4) is 0 Å². The highest BCUT2D eigenvalue weighted by molar-refractivity contribution is 5.80. The second-order valence-electron chi connectivity index (χ2n) is 2.93. The molecule has 0 spiro atoms. The van der Waals surface area contributed by atoms with E-state index in [9.17, 15) is 4.79 Å². The molecule has 0 aliphatic carbocycles. The molecule has 1 unspecified atom stereocenters. The average molecular weight is 213 g/mol. The number of nitrogens with one attached hydrogen (secondary N) is 2. The second kappa shape index (κ2) is 6.10. The number of aromatic nitrogens is 3. The van der Waals surface area contributed by atoms with Crippen molar-refractivity contribution in [1.29, 1.82) is 0 Å². The number of methoxy groups -OCH3 is 1. The SMILES string of the molecule is COC(CN)C(=O)NCCc1ncn[nH]1. The standard InChI is InChI=1S/C8H15N5O2/c1-15-6(4-9)8(14)10-3-2-7-11-5-12-13-7/h5-6H,2-4,9H2,1H3,(H,10,14)(H,11,12,13). The third-order valence-electron chi connectivity index (χ3n) is 1.92. The Labute approximate surface area is 87.4 Å². The van der Waals surface area contributed by atoms with E-state index in [1.807, 2.05) is 0 Å². The van der Waals surface area contributed by atoms with Crippen molar-refractivity contribution in [3.05, 3.63) is 12.2 Å². The molecular formula is C8H15N5O2. The van der Waals surface area contributed by atoms with Gasteiger partial charge in [-0.05, 0) is 0 Å². The molecule has 7 nitrogen and oxygen atoms in total. The van der Waals surface area contributed by atoms with E-state index in [1.165, 1.54) is 13.4 Å². The Morgan fingerprint density at radius 2 is 2.60 bits per heavy atom. The molecule has 1 atom stereocenters. The molecule has 0 fully saturated rings. The number of H-pyrrole nitrogens is 1. The first-order valence-electron chi connectivity index (χ1n) is 4.62. The van der Waals surface area contributed by atoms with E-state index in [1.54, 1.807) is 0 Å². The summed E-state index contributed by atoms with van der Waals surface area (Å²) >= 11 is 0. The first-order chi connectivity index (χ1) is 7.27. The number of amides is 1. The van der Waals surface area contributed by atoms with Crippen LogP contribution in [0.15, 0.2) is 6.33 Å². The Bertz CT molecular complexity index is 283. The lowest BCUT2D eigenvalue weighted by Crippen LogP contribution is -2.41. The molecule has 1 heterocycles. The van der Waals surface area contributed by atoms with Crippen LogP contribution in [0.1, 0.15) is 5.82 Å². The van der Waals surface area contributed by atoms with Crippen LogP contribution in [0.4, 0.5) is 0 Å². The van der Waals surface area contributed by atoms with E-state index in [2.05, 4.69) is 20.5 Å². The smallest absolute Gasteiger partial charge is 0.250 e. The van der Waals surface area contributed by atoms with Gasteiger partial charge in [-0.1, -0.05) is 0 Å². The zero-order chi connectivity index (χ0) is 11.1. The van der Waals surface area contributed by atoms with Gasteiger partial charge in [0.1, 0.15) is 18.3 Å². The highest BCUT2D eigenvalue weighted by Crippen LogP contribution is 1.89. The number of carbonyl (C=O) groups is 1. The van der Waals surface area contributed by atoms with Crippen LogP contribution >= 0.6 is 0 Å². The molecule has 84 valence electrons. The number of carbonyl (C=O) groups excluding carboxylic acids is 1. The number of hydrogen-bond donors (Lipinski definition) is 3. The van der Waals surface area contributed by atoms with E-state index in [-0.39, 0.29) is 12.5 Å². The van der Waals surface area contributed by atoms with Gasteiger partial charge in [-0.3, -0.25) is 9.89 Å². The summed E-state index contributed by atoms with van der Waals surface area (Å²) in [7, 11) is 1.45. The maximum atomic E-state index is 11.4. The van der Waals surface area contributed by atoms with E-state index >= 15 is 0 Å². The fourth-order valence-electron chi connectivity index (χ4n) is 1.08. The van der Waals surface area contributed by atoms with Crippen LogP contribution in [0.25, 0.3) is 0 Å². The predicted molar refractivity (Wildman–Crippen MR) is 52.9 cm³/mol. The molecule has 4 N–H and O–H groups in total. The van der Waals surface area contributed by atoms with Gasteiger partial charge < -0.3 is 15.8 Å². The molecule has 0 aromatic carbocycles. The number of ether oxygens (including phenoxy) is 1. The minimum absolute atomic E-state index is 0.171. The Balaban J connectivity index is 2.22. The fourth-order valence-corrected chi connectivity index (χ4v) is 1.08. The fraction of sp³-hybridized carbons (Fsp3) is 0.625. The van der Waals surface area contributed by atoms with Crippen LogP contribution in [0, 0.1) is 0 Å². The summed E-state index contributed by atoms with van der Waals surface area (Å²) in [5.41, 5.74) is 5.34. The van der Waals surface area contributed by atoms with Gasteiger partial charge in [0.05, 0.1) is 0 Å². The Morgan fingerprint density at radius 3 is 3.13 bits per heavy atom. The quantitative estimate of drug-likeness (QED) is 0.529. The van der Waals surface area contributed by atoms with Crippen molar-refractivity contribution in [2.75, 3.05) is 20.2 Å². The molecular weight excluding hydrogens is 198 g/mol. The maximum absolute atomic E-state index is 11.4. The number of nitrogens with zero attached hydrogens (tertiary/aromatic N) is 2. The molecule has 0 aliphatic rings. The van der Waals surface area contributed by atoms with Crippen molar-refractivity contribution in [2.45, 2.75) is 12.5 Å². The van der Waals surface area contributed by atoms with Gasteiger partial charge in [0.15, 0.2) is 0 Å². The highest BCUT2D eigenvalue weighted by Gasteiger charge is 2.14. The monoisotopic (exact) mass is 213 g/mol. The van der Waals surface area contributed by atoms with Gasteiger partial charge in [-0.15, -0.1) is 0 Å². The summed E-state index contributed by atoms with van der Waals surface area (Å²) < 4.78 is 4.88. The molecule has 1 aromatic rings. The molecule has 0 saturated heterocycles. The summed E-state index contributed by atoms with van der Waals surface area (Å²) in [5, 5.41) is 9.08. The zero-order valence-corrected chi connectivity index (χ0v) is 8.56. The van der Waals surface area contributed by atoms with Crippen molar-refractivity contribution >= 4 is 5.91 Å². The number of nitrogens with two attached hydrogens (primary N) is 1. The second-order valence-corrected chi connectivity index (χ2v) is 2.93. The molecule has 1 aromatic heterocycles. The van der Waals surface area contributed by atoms with Crippen LogP contribution in [0.2, 0.25) is 0 Å². The van der Waals surface area contributed by atoms with Gasteiger partial charge in [0.2, 0.25) is 5.91 Å². The van der Waals surface area contributed by atoms with Crippen molar-refractivity contribution in [2.24, 2.45) is 5.73 Å². The molecule has 15 heavy (non-hydrogen) atoms. The van der Waals surface area contributed by atoms with Crippen LogP contribution in [-0.4, -0.2) is 47.4 Å². The molecule has 0 radical (unpaired) electrons. The molecule has 0 aliphatic heterocycles. The predicted octanol–water partition coefficient (Wildman–Crippen LogP) is -1.56. The van der Waals surface area contributed by atoms with E-state index in [4.69, 9.17) is 10.5 Å². The minimum Gasteiger partial charge on any atom is -0.370 e. The Morgan fingerprint density at radius 1 is 1.80 bits per heavy atom. The molecule has 0 bridgehead atoms. The van der Waals surface area contributed by atoms with Crippen molar-refractivity contribution in [1.82, 2.24) is 20.5 Å². The first-order valence-corrected chi connectivity index (χ1v) is 4.62. The number of rotatable bonds is 6. The summed E-state index contributed by atoms with van der Waals surface area (Å²) in [6, 6.07) is 0. The lowest BCUT2D eigenvalue weighted by Gasteiger charge is -2.12. The van der Waals surface area contributed by atoms with Crippen LogP contribution < -0.4 is 11.1 Å². The first kappa shape index (κ1) is 11.6. The van der Waals surface area contributed by atoms with Gasteiger partial charge in [-0.25, -0.2) is 4.98 Å². The third-order valence-corrected chi connectivity index (χ3v) is 1.92. The molecule has 0 saturated carbocycles. The Hall–Kier alpha value is -1.47. The van der Waals surface area contributed by atoms with Crippen molar-refractivity contribution < 1.29 is 9.53 Å². The van der Waals surface area contributed by atoms with Crippen LogP contribution in [-0.2, 0) is 16.0 Å². The topological polar surface area (TPSA) is 106 Å². The zero-order valence-electron chi connectivity index (χ0n) is 8.56. The van der Waals surface area contributed by atoms with Gasteiger partial charge in [-0.2, -0.15) is 5.10 Å². The largest absolute Gasteiger partial charge is 0.370 e. The normalized spacial score (nSPS) is 12.4. The van der Waals surface area contributed by atoms with Crippen LogP contribution in [0.5, 0.6) is 0 Å².